The first-order chi connectivity index (χ1) is 8.84. The van der Waals surface area contributed by atoms with Crippen molar-refractivity contribution >= 4 is 11.8 Å². The number of rotatable bonds is 3. The van der Waals surface area contributed by atoms with E-state index in [9.17, 15) is 5.11 Å². The molecule has 1 aliphatic rings. The number of para-hydroxylation sites is 1. The van der Waals surface area contributed by atoms with Crippen LogP contribution in [0.2, 0.25) is 0 Å². The van der Waals surface area contributed by atoms with E-state index >= 15 is 0 Å². The van der Waals surface area contributed by atoms with Crippen LogP contribution in [0.15, 0.2) is 59.5 Å². The van der Waals surface area contributed by atoms with Crippen molar-refractivity contribution in [1.29, 1.82) is 0 Å². The molecule has 0 saturated carbocycles. The van der Waals surface area contributed by atoms with Crippen LogP contribution < -0.4 is 4.74 Å². The average molecular weight is 258 g/mol. The Morgan fingerprint density at radius 2 is 1.72 bits per heavy atom. The molecule has 0 fully saturated rings. The normalized spacial score (nSPS) is 21.4. The third-order valence-corrected chi connectivity index (χ3v) is 4.46. The van der Waals surface area contributed by atoms with E-state index in [0.717, 1.165) is 16.2 Å². The van der Waals surface area contributed by atoms with Crippen LogP contribution in [-0.4, -0.2) is 11.7 Å². The fraction of sp³-hybridized carbons (Fsp3) is 0.200. The molecule has 3 heteroatoms. The van der Waals surface area contributed by atoms with Crippen LogP contribution in [0.4, 0.5) is 0 Å². The van der Waals surface area contributed by atoms with Gasteiger partial charge in [-0.2, -0.15) is 0 Å². The molecule has 18 heavy (non-hydrogen) atoms. The molecule has 0 aliphatic carbocycles. The zero-order valence-electron chi connectivity index (χ0n) is 9.87. The molecule has 1 aliphatic heterocycles. The Labute approximate surface area is 111 Å². The molecule has 0 bridgehead atoms. The van der Waals surface area contributed by atoms with Gasteiger partial charge in [-0.3, -0.25) is 0 Å². The predicted octanol–water partition coefficient (Wildman–Crippen LogP) is 3.41. The van der Waals surface area contributed by atoms with Crippen LogP contribution >= 0.6 is 11.8 Å². The Bertz CT molecular complexity index is 514. The summed E-state index contributed by atoms with van der Waals surface area (Å²) in [6, 6.07) is 18.1. The second-order valence-electron chi connectivity index (χ2n) is 4.24. The van der Waals surface area contributed by atoms with Gasteiger partial charge >= 0.3 is 0 Å². The van der Waals surface area contributed by atoms with Gasteiger partial charge in [0.05, 0.1) is 4.90 Å². The molecule has 2 nitrogen and oxygen atoms in total. The Balaban J connectivity index is 2.02. The van der Waals surface area contributed by atoms with E-state index in [2.05, 4.69) is 18.2 Å². The van der Waals surface area contributed by atoms with E-state index in [0.29, 0.717) is 6.42 Å². The van der Waals surface area contributed by atoms with Gasteiger partial charge in [0.1, 0.15) is 5.75 Å². The lowest BCUT2D eigenvalue weighted by molar-refractivity contribution is 0.130. The van der Waals surface area contributed by atoms with Gasteiger partial charge in [-0.05, 0) is 12.1 Å². The SMILES string of the molecule is OCCC1(c2ccccc2)Oc2ccccc2S1. The van der Waals surface area contributed by atoms with Crippen LogP contribution in [0.25, 0.3) is 0 Å². The molecule has 2 aromatic carbocycles. The topological polar surface area (TPSA) is 29.5 Å². The van der Waals surface area contributed by atoms with Crippen LogP contribution in [0.1, 0.15) is 12.0 Å². The highest BCUT2D eigenvalue weighted by Gasteiger charge is 2.41. The molecule has 0 aromatic heterocycles. The number of hydrogen-bond donors (Lipinski definition) is 1. The highest BCUT2D eigenvalue weighted by atomic mass is 32.2. The second kappa shape index (κ2) is 4.67. The van der Waals surface area contributed by atoms with Gasteiger partial charge in [0.25, 0.3) is 0 Å². The standard InChI is InChI=1S/C15H14O2S/c16-11-10-15(12-6-2-1-3-7-12)17-13-8-4-5-9-14(13)18-15/h1-9,16H,10-11H2. The summed E-state index contributed by atoms with van der Waals surface area (Å²) in [5, 5.41) is 9.34. The third kappa shape index (κ3) is 1.89. The third-order valence-electron chi connectivity index (χ3n) is 3.05. The minimum absolute atomic E-state index is 0.107. The Hall–Kier alpha value is -1.45. The molecule has 2 aromatic rings. The van der Waals surface area contributed by atoms with E-state index in [1.54, 1.807) is 11.8 Å². The van der Waals surface area contributed by atoms with Crippen molar-refractivity contribution in [3.63, 3.8) is 0 Å². The van der Waals surface area contributed by atoms with Crippen LogP contribution in [0.3, 0.4) is 0 Å². The summed E-state index contributed by atoms with van der Waals surface area (Å²) >= 11 is 1.68. The highest BCUT2D eigenvalue weighted by molar-refractivity contribution is 8.00. The molecule has 92 valence electrons. The number of aliphatic hydroxyl groups excluding tert-OH is 1. The average Bonchev–Trinajstić information content (AvgIpc) is 2.79. The summed E-state index contributed by atoms with van der Waals surface area (Å²) in [5.74, 6) is 0.903. The molecule has 1 atom stereocenters. The summed E-state index contributed by atoms with van der Waals surface area (Å²) in [4.78, 5) is 0.648. The van der Waals surface area contributed by atoms with Crippen molar-refractivity contribution in [1.82, 2.24) is 0 Å². The molecule has 3 rings (SSSR count). The van der Waals surface area contributed by atoms with E-state index in [-0.39, 0.29) is 6.61 Å². The van der Waals surface area contributed by atoms with Crippen molar-refractivity contribution in [2.45, 2.75) is 16.2 Å². The van der Waals surface area contributed by atoms with Crippen LogP contribution in [0.5, 0.6) is 5.75 Å². The zero-order valence-corrected chi connectivity index (χ0v) is 10.7. The molecule has 1 heterocycles. The first kappa shape index (κ1) is 11.6. The van der Waals surface area contributed by atoms with E-state index in [1.807, 2.05) is 36.4 Å². The van der Waals surface area contributed by atoms with E-state index in [1.165, 1.54) is 0 Å². The lowest BCUT2D eigenvalue weighted by Gasteiger charge is -2.27. The van der Waals surface area contributed by atoms with Gasteiger partial charge in [0.2, 0.25) is 0 Å². The molecule has 0 amide bonds. The van der Waals surface area contributed by atoms with Gasteiger partial charge in [0, 0.05) is 18.6 Å². The van der Waals surface area contributed by atoms with Gasteiger partial charge < -0.3 is 9.84 Å². The first-order valence-corrected chi connectivity index (χ1v) is 6.79. The molecule has 0 spiro atoms. The maximum atomic E-state index is 9.34. The second-order valence-corrected chi connectivity index (χ2v) is 5.55. The summed E-state index contributed by atoms with van der Waals surface area (Å²) in [6.45, 7) is 0.107. The van der Waals surface area contributed by atoms with Gasteiger partial charge in [-0.15, -0.1) is 0 Å². The molecule has 1 unspecified atom stereocenters. The van der Waals surface area contributed by atoms with Crippen LogP contribution in [-0.2, 0) is 4.93 Å². The van der Waals surface area contributed by atoms with Crippen molar-refractivity contribution in [3.05, 3.63) is 60.2 Å². The number of ether oxygens (including phenoxy) is 1. The maximum Gasteiger partial charge on any atom is 0.186 e. The van der Waals surface area contributed by atoms with Crippen molar-refractivity contribution in [3.8, 4) is 5.75 Å². The van der Waals surface area contributed by atoms with Gasteiger partial charge in [-0.1, -0.05) is 54.2 Å². The van der Waals surface area contributed by atoms with Crippen molar-refractivity contribution in [2.75, 3.05) is 6.61 Å². The predicted molar refractivity (Wildman–Crippen MR) is 72.7 cm³/mol. The van der Waals surface area contributed by atoms with Gasteiger partial charge in [-0.25, -0.2) is 0 Å². The minimum atomic E-state index is -0.486. The Kier molecular flexibility index (Phi) is 3.02. The summed E-state index contributed by atoms with van der Waals surface area (Å²) < 4.78 is 6.12. The molecular formula is C15H14O2S. The summed E-state index contributed by atoms with van der Waals surface area (Å²) in [6.07, 6.45) is 0.580. The van der Waals surface area contributed by atoms with Gasteiger partial charge in [0.15, 0.2) is 4.93 Å². The van der Waals surface area contributed by atoms with Crippen molar-refractivity contribution in [2.24, 2.45) is 0 Å². The molecule has 0 saturated heterocycles. The number of benzene rings is 2. The number of aliphatic hydroxyl groups is 1. The number of hydrogen-bond acceptors (Lipinski definition) is 3. The lowest BCUT2D eigenvalue weighted by Crippen LogP contribution is -2.27. The molecule has 1 N–H and O–H groups in total. The van der Waals surface area contributed by atoms with Crippen molar-refractivity contribution < 1.29 is 9.84 Å². The fourth-order valence-corrected chi connectivity index (χ4v) is 3.49. The monoisotopic (exact) mass is 258 g/mol. The van der Waals surface area contributed by atoms with E-state index in [4.69, 9.17) is 4.74 Å². The summed E-state index contributed by atoms with van der Waals surface area (Å²) in [5.41, 5.74) is 1.10. The first-order valence-electron chi connectivity index (χ1n) is 5.97. The zero-order chi connectivity index (χ0) is 12.4. The highest BCUT2D eigenvalue weighted by Crippen LogP contribution is 2.54. The molecular weight excluding hydrogens is 244 g/mol. The molecule has 0 radical (unpaired) electrons. The van der Waals surface area contributed by atoms with Crippen LogP contribution in [0, 0.1) is 0 Å². The minimum Gasteiger partial charge on any atom is -0.471 e. The largest absolute Gasteiger partial charge is 0.471 e. The number of fused-ring (bicyclic) bond motifs is 1. The Morgan fingerprint density at radius 3 is 2.44 bits per heavy atom. The lowest BCUT2D eigenvalue weighted by atomic mass is 10.1. The quantitative estimate of drug-likeness (QED) is 0.915. The fourth-order valence-electron chi connectivity index (χ4n) is 2.20. The summed E-state index contributed by atoms with van der Waals surface area (Å²) in [7, 11) is 0. The number of thioether (sulfide) groups is 1. The van der Waals surface area contributed by atoms with E-state index < -0.39 is 4.93 Å². The Morgan fingerprint density at radius 1 is 1.00 bits per heavy atom. The maximum absolute atomic E-state index is 9.34. The smallest absolute Gasteiger partial charge is 0.186 e.